The van der Waals surface area contributed by atoms with Gasteiger partial charge in [0.2, 0.25) is 0 Å². The molecule has 0 aromatic rings. The van der Waals surface area contributed by atoms with Gasteiger partial charge in [-0.15, -0.1) is 0 Å². The Morgan fingerprint density at radius 3 is 2.00 bits per heavy atom. The number of rotatable bonds is 6. The van der Waals surface area contributed by atoms with Crippen LogP contribution in [0.2, 0.25) is 0 Å². The maximum atomic E-state index is 2.57. The molecule has 0 saturated heterocycles. The summed E-state index contributed by atoms with van der Waals surface area (Å²) in [5.41, 5.74) is 0.447. The van der Waals surface area contributed by atoms with Gasteiger partial charge in [0.25, 0.3) is 0 Å². The van der Waals surface area contributed by atoms with Gasteiger partial charge in [0.15, 0.2) is 0 Å². The lowest BCUT2D eigenvalue weighted by Crippen LogP contribution is -2.33. The van der Waals surface area contributed by atoms with Crippen LogP contribution in [0.25, 0.3) is 0 Å². The Kier molecular flexibility index (Phi) is 6.40. The first-order valence-electron chi connectivity index (χ1n) is 5.72. The minimum absolute atomic E-state index is 0.447. The van der Waals surface area contributed by atoms with Crippen LogP contribution in [-0.2, 0) is 0 Å². The molecule has 1 nitrogen and oxygen atoms in total. The van der Waals surface area contributed by atoms with Gasteiger partial charge in [-0.3, -0.25) is 0 Å². The van der Waals surface area contributed by atoms with Gasteiger partial charge in [-0.2, -0.15) is 0 Å². The molecule has 0 rings (SSSR count). The van der Waals surface area contributed by atoms with E-state index in [1.165, 1.54) is 38.9 Å². The van der Waals surface area contributed by atoms with Gasteiger partial charge in [0.05, 0.1) is 0 Å². The Labute approximate surface area is 84.5 Å². The average Bonchev–Trinajstić information content (AvgIpc) is 2.01. The lowest BCUT2D eigenvalue weighted by Gasteiger charge is -2.28. The highest BCUT2D eigenvalue weighted by atomic mass is 15.1. The quantitative estimate of drug-likeness (QED) is 0.572. The number of hydrogen-bond acceptors (Lipinski definition) is 1. The third-order valence-electron chi connectivity index (χ3n) is 2.22. The van der Waals surface area contributed by atoms with Crippen LogP contribution < -0.4 is 0 Å². The fourth-order valence-electron chi connectivity index (χ4n) is 1.61. The molecule has 0 atom stereocenters. The third-order valence-corrected chi connectivity index (χ3v) is 2.22. The van der Waals surface area contributed by atoms with Crippen LogP contribution in [0.15, 0.2) is 0 Å². The molecule has 0 aliphatic rings. The van der Waals surface area contributed by atoms with Crippen LogP contribution in [0.1, 0.15) is 53.9 Å². The molecule has 0 radical (unpaired) electrons. The highest BCUT2D eigenvalue weighted by Crippen LogP contribution is 2.15. The Hall–Kier alpha value is -0.0400. The Morgan fingerprint density at radius 1 is 1.00 bits per heavy atom. The topological polar surface area (TPSA) is 3.24 Å². The highest BCUT2D eigenvalue weighted by Gasteiger charge is 2.14. The molecule has 0 spiro atoms. The zero-order valence-corrected chi connectivity index (χ0v) is 10.2. The van der Waals surface area contributed by atoms with Crippen LogP contribution in [0, 0.1) is 5.41 Å². The van der Waals surface area contributed by atoms with Crippen molar-refractivity contribution in [2.75, 3.05) is 19.6 Å². The van der Waals surface area contributed by atoms with Crippen molar-refractivity contribution in [3.8, 4) is 0 Å². The van der Waals surface area contributed by atoms with E-state index in [0.717, 1.165) is 0 Å². The highest BCUT2D eigenvalue weighted by molar-refractivity contribution is 4.68. The van der Waals surface area contributed by atoms with Gasteiger partial charge < -0.3 is 4.90 Å². The van der Waals surface area contributed by atoms with Crippen LogP contribution in [0.5, 0.6) is 0 Å². The SMILES string of the molecule is CCCCCN(CC)CC(C)(C)C. The van der Waals surface area contributed by atoms with E-state index in [4.69, 9.17) is 0 Å². The van der Waals surface area contributed by atoms with E-state index in [1.807, 2.05) is 0 Å². The largest absolute Gasteiger partial charge is 0.303 e. The van der Waals surface area contributed by atoms with E-state index >= 15 is 0 Å². The molecule has 80 valence electrons. The molecule has 0 aliphatic heterocycles. The fourth-order valence-corrected chi connectivity index (χ4v) is 1.61. The summed E-state index contributed by atoms with van der Waals surface area (Å²) >= 11 is 0. The molecule has 0 saturated carbocycles. The van der Waals surface area contributed by atoms with Crippen molar-refractivity contribution in [3.05, 3.63) is 0 Å². The molecule has 0 amide bonds. The van der Waals surface area contributed by atoms with E-state index in [-0.39, 0.29) is 0 Å². The molecule has 0 aromatic carbocycles. The Balaban J connectivity index is 3.63. The van der Waals surface area contributed by atoms with Crippen LogP contribution in [0.4, 0.5) is 0 Å². The smallest absolute Gasteiger partial charge is 0.00299 e. The fraction of sp³-hybridized carbons (Fsp3) is 1.00. The van der Waals surface area contributed by atoms with E-state index in [2.05, 4.69) is 39.5 Å². The van der Waals surface area contributed by atoms with E-state index in [1.54, 1.807) is 0 Å². The predicted octanol–water partition coefficient (Wildman–Crippen LogP) is 3.54. The number of nitrogens with zero attached hydrogens (tertiary/aromatic N) is 1. The summed E-state index contributed by atoms with van der Waals surface area (Å²) in [6.45, 7) is 15.2. The standard InChI is InChI=1S/C12H27N/c1-6-8-9-10-13(7-2)11-12(3,4)5/h6-11H2,1-5H3. The van der Waals surface area contributed by atoms with Gasteiger partial charge in [-0.1, -0.05) is 47.5 Å². The van der Waals surface area contributed by atoms with Crippen LogP contribution >= 0.6 is 0 Å². The molecular formula is C12H27N. The van der Waals surface area contributed by atoms with Gasteiger partial charge in [-0.05, 0) is 24.9 Å². The lowest BCUT2D eigenvalue weighted by atomic mass is 9.96. The Bertz CT molecular complexity index is 113. The second-order valence-corrected chi connectivity index (χ2v) is 5.14. The lowest BCUT2D eigenvalue weighted by molar-refractivity contribution is 0.196. The third kappa shape index (κ3) is 8.29. The van der Waals surface area contributed by atoms with E-state index < -0.39 is 0 Å². The first-order chi connectivity index (χ1) is 5.99. The predicted molar refractivity (Wildman–Crippen MR) is 61.1 cm³/mol. The summed E-state index contributed by atoms with van der Waals surface area (Å²) in [5.74, 6) is 0. The summed E-state index contributed by atoms with van der Waals surface area (Å²) in [6.07, 6.45) is 4.06. The second kappa shape index (κ2) is 6.42. The van der Waals surface area contributed by atoms with Crippen LogP contribution in [0.3, 0.4) is 0 Å². The summed E-state index contributed by atoms with van der Waals surface area (Å²) in [5, 5.41) is 0. The molecule has 0 aliphatic carbocycles. The maximum absolute atomic E-state index is 2.57. The van der Waals surface area contributed by atoms with Gasteiger partial charge in [0, 0.05) is 6.54 Å². The summed E-state index contributed by atoms with van der Waals surface area (Å²) in [4.78, 5) is 2.57. The minimum Gasteiger partial charge on any atom is -0.303 e. The van der Waals surface area contributed by atoms with E-state index in [9.17, 15) is 0 Å². The molecule has 0 unspecified atom stereocenters. The minimum atomic E-state index is 0.447. The zero-order valence-electron chi connectivity index (χ0n) is 10.2. The Morgan fingerprint density at radius 2 is 1.62 bits per heavy atom. The molecule has 1 heteroatoms. The van der Waals surface area contributed by atoms with Gasteiger partial charge in [0.1, 0.15) is 0 Å². The normalized spacial score (nSPS) is 12.5. The number of hydrogen-bond donors (Lipinski definition) is 0. The van der Waals surface area contributed by atoms with Crippen molar-refractivity contribution in [1.29, 1.82) is 0 Å². The van der Waals surface area contributed by atoms with Crippen molar-refractivity contribution < 1.29 is 0 Å². The first-order valence-corrected chi connectivity index (χ1v) is 5.72. The molecule has 0 heterocycles. The molecule has 13 heavy (non-hydrogen) atoms. The molecule has 0 N–H and O–H groups in total. The molecule has 0 fully saturated rings. The second-order valence-electron chi connectivity index (χ2n) is 5.14. The average molecular weight is 185 g/mol. The van der Waals surface area contributed by atoms with Crippen molar-refractivity contribution in [2.45, 2.75) is 53.9 Å². The maximum Gasteiger partial charge on any atom is 0.00299 e. The van der Waals surface area contributed by atoms with Crippen molar-refractivity contribution in [1.82, 2.24) is 4.90 Å². The monoisotopic (exact) mass is 185 g/mol. The summed E-state index contributed by atoms with van der Waals surface area (Å²) in [7, 11) is 0. The zero-order chi connectivity index (χ0) is 10.3. The van der Waals surface area contributed by atoms with Gasteiger partial charge in [-0.25, -0.2) is 0 Å². The van der Waals surface area contributed by atoms with E-state index in [0.29, 0.717) is 5.41 Å². The molecule has 0 aromatic heterocycles. The van der Waals surface area contributed by atoms with Crippen molar-refractivity contribution in [2.24, 2.45) is 5.41 Å². The first kappa shape index (κ1) is 13.0. The summed E-state index contributed by atoms with van der Waals surface area (Å²) < 4.78 is 0. The van der Waals surface area contributed by atoms with Gasteiger partial charge >= 0.3 is 0 Å². The van der Waals surface area contributed by atoms with Crippen LogP contribution in [-0.4, -0.2) is 24.5 Å². The summed E-state index contributed by atoms with van der Waals surface area (Å²) in [6, 6.07) is 0. The van der Waals surface area contributed by atoms with Crippen molar-refractivity contribution >= 4 is 0 Å². The number of unbranched alkanes of at least 4 members (excludes halogenated alkanes) is 2. The molecular weight excluding hydrogens is 158 g/mol. The van der Waals surface area contributed by atoms with Crippen molar-refractivity contribution in [3.63, 3.8) is 0 Å². The molecule has 0 bridgehead atoms.